The minimum absolute atomic E-state index is 0.122. The van der Waals surface area contributed by atoms with Crippen LogP contribution in [-0.2, 0) is 4.79 Å². The van der Waals surface area contributed by atoms with Crippen molar-refractivity contribution in [1.82, 2.24) is 10.1 Å². The monoisotopic (exact) mass is 449 g/mol. The van der Waals surface area contributed by atoms with Crippen LogP contribution in [0.5, 0.6) is 5.88 Å². The Kier molecular flexibility index (Phi) is 6.32. The maximum atomic E-state index is 13.2. The second-order valence-electron chi connectivity index (χ2n) is 7.96. The highest BCUT2D eigenvalue weighted by Gasteiger charge is 2.43. The molecule has 1 aromatic heterocycles. The molecule has 0 spiro atoms. The molecule has 1 aliphatic heterocycles. The molecule has 1 amide bonds. The van der Waals surface area contributed by atoms with E-state index in [2.05, 4.69) is 11.9 Å². The molecule has 1 unspecified atom stereocenters. The van der Waals surface area contributed by atoms with Gasteiger partial charge in [0.1, 0.15) is 0 Å². The lowest BCUT2D eigenvalue weighted by molar-refractivity contribution is -0.764. The average Bonchev–Trinajstić information content (AvgIpc) is 2.78. The molecular weight excluding hydrogens is 422 g/mol. The topological polar surface area (TPSA) is 76.3 Å². The molecule has 7 nitrogen and oxygen atoms in total. The Morgan fingerprint density at radius 2 is 1.91 bits per heavy atom. The van der Waals surface area contributed by atoms with Crippen molar-refractivity contribution in [3.63, 3.8) is 0 Å². The summed E-state index contributed by atoms with van der Waals surface area (Å²) in [7, 11) is 3.96. The van der Waals surface area contributed by atoms with Crippen molar-refractivity contribution in [2.75, 3.05) is 29.6 Å². The molecule has 166 valence electrons. The third kappa shape index (κ3) is 4.02. The van der Waals surface area contributed by atoms with Gasteiger partial charge >= 0.3 is 0 Å². The summed E-state index contributed by atoms with van der Waals surface area (Å²) in [5.41, 5.74) is 3.68. The highest BCUT2D eigenvalue weighted by atomic mass is 32.2. The number of hydrogen-bond acceptors (Lipinski definition) is 6. The lowest BCUT2D eigenvalue weighted by Gasteiger charge is -2.33. The molecule has 0 aliphatic carbocycles. The second-order valence-corrected chi connectivity index (χ2v) is 9.02. The van der Waals surface area contributed by atoms with Gasteiger partial charge in [-0.25, -0.2) is 9.88 Å². The molecule has 2 heterocycles. The summed E-state index contributed by atoms with van der Waals surface area (Å²) in [5.74, 6) is 0.387. The lowest BCUT2D eigenvalue weighted by atomic mass is 10.0. The van der Waals surface area contributed by atoms with E-state index in [4.69, 9.17) is 5.10 Å². The van der Waals surface area contributed by atoms with Gasteiger partial charge in [0, 0.05) is 43.1 Å². The van der Waals surface area contributed by atoms with Crippen LogP contribution in [0.4, 0.5) is 11.4 Å². The van der Waals surface area contributed by atoms with Crippen LogP contribution in [0.1, 0.15) is 38.4 Å². The molecule has 1 aliphatic rings. The molecule has 0 N–H and O–H groups in total. The van der Waals surface area contributed by atoms with E-state index in [-0.39, 0.29) is 11.8 Å². The molecule has 4 rings (SSSR count). The van der Waals surface area contributed by atoms with Crippen molar-refractivity contribution in [3.8, 4) is 17.1 Å². The van der Waals surface area contributed by atoms with Gasteiger partial charge in [-0.05, 0) is 42.8 Å². The SMILES string of the molecule is CCCCSc1nc([O-])c2[n+](n1)C(c1ccc(N(C)C)cc1)N(C(C)=O)c1ccccc1-2. The van der Waals surface area contributed by atoms with Crippen molar-refractivity contribution < 1.29 is 14.6 Å². The number of thioether (sulfide) groups is 1. The summed E-state index contributed by atoms with van der Waals surface area (Å²) in [5, 5.41) is 18.4. The quantitative estimate of drug-likeness (QED) is 0.326. The minimum Gasteiger partial charge on any atom is -0.854 e. The zero-order valence-electron chi connectivity index (χ0n) is 18.8. The second kappa shape index (κ2) is 9.16. The van der Waals surface area contributed by atoms with Crippen LogP contribution in [0, 0.1) is 0 Å². The Morgan fingerprint density at radius 1 is 1.19 bits per heavy atom. The smallest absolute Gasteiger partial charge is 0.293 e. The fourth-order valence-electron chi connectivity index (χ4n) is 3.89. The van der Waals surface area contributed by atoms with E-state index in [1.807, 2.05) is 67.5 Å². The number of hydrogen-bond donors (Lipinski definition) is 0. The summed E-state index contributed by atoms with van der Waals surface area (Å²) >= 11 is 1.47. The Morgan fingerprint density at radius 3 is 2.56 bits per heavy atom. The van der Waals surface area contributed by atoms with Gasteiger partial charge < -0.3 is 10.0 Å². The number of carbonyl (C=O) groups is 1. The Balaban J connectivity index is 1.92. The number of aromatic nitrogens is 3. The van der Waals surface area contributed by atoms with Crippen LogP contribution in [0.15, 0.2) is 53.7 Å². The number of para-hydroxylation sites is 1. The predicted octanol–water partition coefficient (Wildman–Crippen LogP) is 3.38. The third-order valence-electron chi connectivity index (χ3n) is 5.49. The number of nitrogens with zero attached hydrogens (tertiary/aromatic N) is 5. The average molecular weight is 450 g/mol. The molecule has 1 atom stereocenters. The standard InChI is InChI=1S/C24H27N5O2S/c1-5-6-15-32-24-25-22(31)21-19-9-7-8-10-20(19)28(16(2)30)23(29(21)26-24)17-11-13-18(14-12-17)27(3)4/h7-14,23H,5-6,15H2,1-4H3. The number of carbonyl (C=O) groups excluding carboxylic acids is 1. The molecule has 3 aromatic rings. The van der Waals surface area contributed by atoms with Crippen LogP contribution < -0.4 is 19.6 Å². The van der Waals surface area contributed by atoms with Crippen molar-refractivity contribution >= 4 is 29.0 Å². The van der Waals surface area contributed by atoms with Gasteiger partial charge in [-0.15, -0.1) is 0 Å². The fourth-order valence-corrected chi connectivity index (χ4v) is 4.80. The Labute approximate surface area is 192 Å². The first-order valence-corrected chi connectivity index (χ1v) is 11.7. The summed E-state index contributed by atoms with van der Waals surface area (Å²) in [4.78, 5) is 20.9. The zero-order chi connectivity index (χ0) is 22.8. The molecule has 8 heteroatoms. The lowest BCUT2D eigenvalue weighted by Crippen LogP contribution is -2.58. The summed E-state index contributed by atoms with van der Waals surface area (Å²) in [6.07, 6.45) is 1.50. The van der Waals surface area contributed by atoms with E-state index >= 15 is 0 Å². The molecular formula is C24H27N5O2S. The largest absolute Gasteiger partial charge is 0.854 e. The van der Waals surface area contributed by atoms with Gasteiger partial charge in [0.25, 0.3) is 17.0 Å². The third-order valence-corrected chi connectivity index (χ3v) is 6.42. The van der Waals surface area contributed by atoms with E-state index in [1.165, 1.54) is 11.8 Å². The number of anilines is 2. The fraction of sp³-hybridized carbons (Fsp3) is 0.333. The molecule has 2 aromatic carbocycles. The van der Waals surface area contributed by atoms with Crippen LogP contribution in [0.2, 0.25) is 0 Å². The first-order valence-electron chi connectivity index (χ1n) is 10.7. The number of rotatable bonds is 6. The van der Waals surface area contributed by atoms with Gasteiger partial charge in [0.15, 0.2) is 0 Å². The molecule has 32 heavy (non-hydrogen) atoms. The zero-order valence-corrected chi connectivity index (χ0v) is 19.6. The van der Waals surface area contributed by atoms with Crippen LogP contribution in [0.3, 0.4) is 0 Å². The number of unbranched alkanes of at least 4 members (excludes halogenated alkanes) is 1. The van der Waals surface area contributed by atoms with E-state index in [0.717, 1.165) is 29.8 Å². The molecule has 0 saturated carbocycles. The summed E-state index contributed by atoms with van der Waals surface area (Å²) in [6.45, 7) is 3.66. The van der Waals surface area contributed by atoms with Crippen molar-refractivity contribution in [1.29, 1.82) is 0 Å². The van der Waals surface area contributed by atoms with Crippen molar-refractivity contribution in [2.24, 2.45) is 0 Å². The molecule has 0 fully saturated rings. The van der Waals surface area contributed by atoms with Gasteiger partial charge in [-0.2, -0.15) is 0 Å². The highest BCUT2D eigenvalue weighted by Crippen LogP contribution is 2.41. The number of benzene rings is 2. The number of amides is 1. The maximum Gasteiger partial charge on any atom is 0.293 e. The first-order chi connectivity index (χ1) is 15.4. The van der Waals surface area contributed by atoms with Gasteiger partial charge in [0.05, 0.1) is 17.1 Å². The van der Waals surface area contributed by atoms with Crippen molar-refractivity contribution in [3.05, 3.63) is 54.1 Å². The molecule has 0 saturated heterocycles. The van der Waals surface area contributed by atoms with Crippen LogP contribution in [-0.4, -0.2) is 35.8 Å². The molecule has 0 radical (unpaired) electrons. The van der Waals surface area contributed by atoms with E-state index < -0.39 is 6.17 Å². The first kappa shape index (κ1) is 22.1. The Bertz CT molecular complexity index is 1130. The Hall–Kier alpha value is -3.13. The predicted molar refractivity (Wildman–Crippen MR) is 125 cm³/mol. The van der Waals surface area contributed by atoms with E-state index in [0.29, 0.717) is 22.1 Å². The van der Waals surface area contributed by atoms with Gasteiger partial charge in [-0.1, -0.05) is 41.9 Å². The maximum absolute atomic E-state index is 13.2. The van der Waals surface area contributed by atoms with E-state index in [1.54, 1.807) is 16.5 Å². The van der Waals surface area contributed by atoms with Gasteiger partial charge in [0.2, 0.25) is 5.91 Å². The van der Waals surface area contributed by atoms with E-state index in [9.17, 15) is 9.90 Å². The van der Waals surface area contributed by atoms with Crippen LogP contribution >= 0.6 is 11.8 Å². The van der Waals surface area contributed by atoms with Gasteiger partial charge in [-0.3, -0.25) is 4.79 Å². The number of fused-ring (bicyclic) bond motifs is 3. The summed E-state index contributed by atoms with van der Waals surface area (Å²) < 4.78 is 1.68. The molecule has 0 bridgehead atoms. The summed E-state index contributed by atoms with van der Waals surface area (Å²) in [6, 6.07) is 15.4. The van der Waals surface area contributed by atoms with Crippen LogP contribution in [0.25, 0.3) is 11.3 Å². The minimum atomic E-state index is -0.574. The highest BCUT2D eigenvalue weighted by molar-refractivity contribution is 7.99. The normalized spacial score (nSPS) is 14.6. The van der Waals surface area contributed by atoms with Crippen molar-refractivity contribution in [2.45, 2.75) is 38.0 Å².